The molecular weight excluding hydrogens is 226 g/mol. The molecule has 0 aliphatic heterocycles. The van der Waals surface area contributed by atoms with Gasteiger partial charge in [-0.2, -0.15) is 0 Å². The van der Waals surface area contributed by atoms with Crippen molar-refractivity contribution >= 4 is 11.3 Å². The Morgan fingerprint density at radius 2 is 2.00 bits per heavy atom. The smallest absolute Gasteiger partial charge is 0.0453 e. The van der Waals surface area contributed by atoms with E-state index in [-0.39, 0.29) is 0 Å². The average Bonchev–Trinajstić information content (AvgIpc) is 2.84. The lowest BCUT2D eigenvalue weighted by Gasteiger charge is -2.15. The molecule has 2 aromatic rings. The molecule has 2 heteroatoms. The SMILES string of the molecule is CNC(Cc1ccc(C)c(C)c1)c1cccs1. The van der Waals surface area contributed by atoms with E-state index in [0.29, 0.717) is 6.04 Å². The Labute approximate surface area is 108 Å². The van der Waals surface area contributed by atoms with Gasteiger partial charge in [0.2, 0.25) is 0 Å². The van der Waals surface area contributed by atoms with Crippen molar-refractivity contribution < 1.29 is 0 Å². The fourth-order valence-electron chi connectivity index (χ4n) is 2.00. The van der Waals surface area contributed by atoms with Crippen molar-refractivity contribution in [3.8, 4) is 0 Å². The highest BCUT2D eigenvalue weighted by molar-refractivity contribution is 7.10. The molecule has 0 bridgehead atoms. The first-order chi connectivity index (χ1) is 8.20. The zero-order valence-electron chi connectivity index (χ0n) is 10.7. The molecule has 0 amide bonds. The molecule has 2 rings (SSSR count). The summed E-state index contributed by atoms with van der Waals surface area (Å²) >= 11 is 1.82. The number of rotatable bonds is 4. The van der Waals surface area contributed by atoms with Crippen LogP contribution in [0.4, 0.5) is 0 Å². The maximum atomic E-state index is 3.40. The summed E-state index contributed by atoms with van der Waals surface area (Å²) in [6, 6.07) is 11.5. The van der Waals surface area contributed by atoms with Crippen molar-refractivity contribution in [1.29, 1.82) is 0 Å². The number of thiophene rings is 1. The molecule has 0 fully saturated rings. The van der Waals surface area contributed by atoms with Gasteiger partial charge in [-0.25, -0.2) is 0 Å². The number of hydrogen-bond acceptors (Lipinski definition) is 2. The second-order valence-corrected chi connectivity index (χ2v) is 5.46. The van der Waals surface area contributed by atoms with Crippen LogP contribution >= 0.6 is 11.3 Å². The van der Waals surface area contributed by atoms with Crippen LogP contribution in [0.3, 0.4) is 0 Å². The third-order valence-corrected chi connectivity index (χ3v) is 4.23. The zero-order valence-corrected chi connectivity index (χ0v) is 11.5. The molecule has 1 nitrogen and oxygen atoms in total. The fraction of sp³-hybridized carbons (Fsp3) is 0.333. The topological polar surface area (TPSA) is 12.0 Å². The molecule has 0 saturated carbocycles. The van der Waals surface area contributed by atoms with E-state index in [4.69, 9.17) is 0 Å². The van der Waals surface area contributed by atoms with E-state index in [0.717, 1.165) is 6.42 Å². The molecule has 1 heterocycles. The van der Waals surface area contributed by atoms with Crippen LogP contribution < -0.4 is 5.32 Å². The van der Waals surface area contributed by atoms with E-state index in [1.54, 1.807) is 0 Å². The van der Waals surface area contributed by atoms with Crippen LogP contribution in [0.1, 0.15) is 27.6 Å². The Morgan fingerprint density at radius 1 is 1.18 bits per heavy atom. The first kappa shape index (κ1) is 12.3. The molecule has 0 spiro atoms. The second-order valence-electron chi connectivity index (χ2n) is 4.48. The van der Waals surface area contributed by atoms with Crippen molar-refractivity contribution in [1.82, 2.24) is 5.32 Å². The summed E-state index contributed by atoms with van der Waals surface area (Å²) in [7, 11) is 2.03. The molecule has 1 atom stereocenters. The standard InChI is InChI=1S/C15H19NS/c1-11-6-7-13(9-12(11)2)10-14(16-3)15-5-4-8-17-15/h4-9,14,16H,10H2,1-3H3. The number of nitrogens with one attached hydrogen (secondary N) is 1. The first-order valence-electron chi connectivity index (χ1n) is 5.97. The molecule has 0 aliphatic rings. The third kappa shape index (κ3) is 2.96. The molecule has 1 aromatic carbocycles. The quantitative estimate of drug-likeness (QED) is 0.862. The van der Waals surface area contributed by atoms with E-state index >= 15 is 0 Å². The Morgan fingerprint density at radius 3 is 2.59 bits per heavy atom. The maximum absolute atomic E-state index is 3.40. The van der Waals surface area contributed by atoms with Crippen LogP contribution in [-0.2, 0) is 6.42 Å². The normalized spacial score (nSPS) is 12.6. The summed E-state index contributed by atoms with van der Waals surface area (Å²) in [6.45, 7) is 4.34. The minimum atomic E-state index is 0.428. The minimum absolute atomic E-state index is 0.428. The van der Waals surface area contributed by atoms with E-state index in [1.165, 1.54) is 21.6 Å². The van der Waals surface area contributed by atoms with Gasteiger partial charge < -0.3 is 5.32 Å². The second kappa shape index (κ2) is 5.48. The predicted molar refractivity (Wildman–Crippen MR) is 75.7 cm³/mol. The van der Waals surface area contributed by atoms with Crippen molar-refractivity contribution in [2.75, 3.05) is 7.05 Å². The fourth-order valence-corrected chi connectivity index (χ4v) is 2.84. The lowest BCUT2D eigenvalue weighted by atomic mass is 10.0. The monoisotopic (exact) mass is 245 g/mol. The van der Waals surface area contributed by atoms with Gasteiger partial charge in [0, 0.05) is 10.9 Å². The van der Waals surface area contributed by atoms with Gasteiger partial charge in [0.15, 0.2) is 0 Å². The molecule has 0 radical (unpaired) electrons. The molecule has 1 unspecified atom stereocenters. The summed E-state index contributed by atoms with van der Waals surface area (Å²) < 4.78 is 0. The van der Waals surface area contributed by atoms with Gasteiger partial charge >= 0.3 is 0 Å². The minimum Gasteiger partial charge on any atom is -0.312 e. The van der Waals surface area contributed by atoms with Crippen molar-refractivity contribution in [2.24, 2.45) is 0 Å². The summed E-state index contributed by atoms with van der Waals surface area (Å²) in [5.74, 6) is 0. The lowest BCUT2D eigenvalue weighted by Crippen LogP contribution is -2.17. The van der Waals surface area contributed by atoms with Gasteiger partial charge in [-0.1, -0.05) is 24.3 Å². The van der Waals surface area contributed by atoms with E-state index in [1.807, 2.05) is 18.4 Å². The van der Waals surface area contributed by atoms with Crippen LogP contribution in [-0.4, -0.2) is 7.05 Å². The third-order valence-electron chi connectivity index (χ3n) is 3.25. The Bertz CT molecular complexity index is 474. The Kier molecular flexibility index (Phi) is 3.97. The maximum Gasteiger partial charge on any atom is 0.0453 e. The van der Waals surface area contributed by atoms with Gasteiger partial charge in [-0.05, 0) is 55.5 Å². The van der Waals surface area contributed by atoms with Gasteiger partial charge in [0.05, 0.1) is 0 Å². The van der Waals surface area contributed by atoms with Crippen molar-refractivity contribution in [3.63, 3.8) is 0 Å². The van der Waals surface area contributed by atoms with E-state index < -0.39 is 0 Å². The predicted octanol–water partition coefficient (Wildman–Crippen LogP) is 3.87. The van der Waals surface area contributed by atoms with Gasteiger partial charge in [-0.15, -0.1) is 11.3 Å². The summed E-state index contributed by atoms with van der Waals surface area (Å²) in [5.41, 5.74) is 4.15. The molecule has 0 aliphatic carbocycles. The highest BCUT2D eigenvalue weighted by Gasteiger charge is 2.11. The molecular formula is C15H19NS. The number of benzene rings is 1. The summed E-state index contributed by atoms with van der Waals surface area (Å²) in [6.07, 6.45) is 1.05. The van der Waals surface area contributed by atoms with Gasteiger partial charge in [0.25, 0.3) is 0 Å². The van der Waals surface area contributed by atoms with Crippen LogP contribution in [0.25, 0.3) is 0 Å². The van der Waals surface area contributed by atoms with Crippen LogP contribution in [0.2, 0.25) is 0 Å². The van der Waals surface area contributed by atoms with Crippen LogP contribution in [0.15, 0.2) is 35.7 Å². The molecule has 17 heavy (non-hydrogen) atoms. The number of hydrogen-bond donors (Lipinski definition) is 1. The number of aryl methyl sites for hydroxylation is 2. The highest BCUT2D eigenvalue weighted by Crippen LogP contribution is 2.23. The largest absolute Gasteiger partial charge is 0.312 e. The van der Waals surface area contributed by atoms with Gasteiger partial charge in [0.1, 0.15) is 0 Å². The van der Waals surface area contributed by atoms with Crippen LogP contribution in [0, 0.1) is 13.8 Å². The highest BCUT2D eigenvalue weighted by atomic mass is 32.1. The Hall–Kier alpha value is -1.12. The molecule has 1 aromatic heterocycles. The van der Waals surface area contributed by atoms with Gasteiger partial charge in [-0.3, -0.25) is 0 Å². The summed E-state index contributed by atoms with van der Waals surface area (Å²) in [4.78, 5) is 1.41. The average molecular weight is 245 g/mol. The molecule has 1 N–H and O–H groups in total. The van der Waals surface area contributed by atoms with E-state index in [9.17, 15) is 0 Å². The Balaban J connectivity index is 2.16. The number of likely N-dealkylation sites (N-methyl/N-ethyl adjacent to an activating group) is 1. The first-order valence-corrected chi connectivity index (χ1v) is 6.85. The molecule has 90 valence electrons. The lowest BCUT2D eigenvalue weighted by molar-refractivity contribution is 0.602. The van der Waals surface area contributed by atoms with Crippen molar-refractivity contribution in [2.45, 2.75) is 26.3 Å². The molecule has 0 saturated heterocycles. The van der Waals surface area contributed by atoms with E-state index in [2.05, 4.69) is 54.9 Å². The zero-order chi connectivity index (χ0) is 12.3. The van der Waals surface area contributed by atoms with Crippen LogP contribution in [0.5, 0.6) is 0 Å². The summed E-state index contributed by atoms with van der Waals surface area (Å²) in [5, 5.41) is 5.54. The van der Waals surface area contributed by atoms with Crippen molar-refractivity contribution in [3.05, 3.63) is 57.3 Å².